The lowest BCUT2D eigenvalue weighted by Crippen LogP contribution is -2.32. The van der Waals surface area contributed by atoms with E-state index in [2.05, 4.69) is 5.32 Å². The first-order chi connectivity index (χ1) is 10.6. The highest BCUT2D eigenvalue weighted by molar-refractivity contribution is 5.94. The molecule has 1 amide bonds. The highest BCUT2D eigenvalue weighted by Gasteiger charge is 2.31. The summed E-state index contributed by atoms with van der Waals surface area (Å²) in [5.74, 6) is 1.35. The van der Waals surface area contributed by atoms with Gasteiger partial charge < -0.3 is 10.2 Å². The lowest BCUT2D eigenvalue weighted by molar-refractivity contribution is -0.385. The molecule has 0 aromatic heterocycles. The van der Waals surface area contributed by atoms with Crippen molar-refractivity contribution in [2.24, 2.45) is 11.8 Å². The summed E-state index contributed by atoms with van der Waals surface area (Å²) >= 11 is 0. The molecule has 1 aromatic carbocycles. The number of aryl methyl sites for hydroxylation is 1. The Bertz CT molecular complexity index is 594. The molecule has 0 bridgehead atoms. The smallest absolute Gasteiger partial charge is 0.272 e. The summed E-state index contributed by atoms with van der Waals surface area (Å²) in [6.45, 7) is 5.34. The second kappa shape index (κ2) is 7.27. The van der Waals surface area contributed by atoms with Crippen LogP contribution in [0.25, 0.3) is 0 Å². The molecule has 7 heteroatoms. The number of rotatable bonds is 2. The van der Waals surface area contributed by atoms with Gasteiger partial charge in [-0.25, -0.2) is 0 Å². The summed E-state index contributed by atoms with van der Waals surface area (Å²) in [6.07, 6.45) is 2.07. The van der Waals surface area contributed by atoms with E-state index in [0.717, 1.165) is 39.0 Å². The first kappa shape index (κ1) is 17.7. The summed E-state index contributed by atoms with van der Waals surface area (Å²) in [7, 11) is 0. The third-order valence-corrected chi connectivity index (χ3v) is 4.95. The Balaban J connectivity index is 0.00000192. The minimum Gasteiger partial charge on any atom is -0.339 e. The zero-order valence-corrected chi connectivity index (χ0v) is 14.0. The molecule has 1 aromatic rings. The fourth-order valence-corrected chi connectivity index (χ4v) is 3.60. The average Bonchev–Trinajstić information content (AvgIpc) is 2.85. The number of nitrogens with one attached hydrogen (secondary N) is 1. The molecule has 0 saturated carbocycles. The second-order valence-corrected chi connectivity index (χ2v) is 6.31. The van der Waals surface area contributed by atoms with Crippen molar-refractivity contribution in [1.82, 2.24) is 10.2 Å². The number of halogens is 1. The van der Waals surface area contributed by atoms with Gasteiger partial charge in [0.2, 0.25) is 0 Å². The minimum atomic E-state index is -0.413. The quantitative estimate of drug-likeness (QED) is 0.663. The largest absolute Gasteiger partial charge is 0.339 e. The molecule has 1 N–H and O–H groups in total. The van der Waals surface area contributed by atoms with E-state index >= 15 is 0 Å². The number of carbonyl (C=O) groups is 1. The van der Waals surface area contributed by atoms with Crippen LogP contribution in [0.1, 0.15) is 28.8 Å². The number of nitro groups is 1. The van der Waals surface area contributed by atoms with Crippen molar-refractivity contribution >= 4 is 24.0 Å². The van der Waals surface area contributed by atoms with Crippen LogP contribution in [0.2, 0.25) is 0 Å². The lowest BCUT2D eigenvalue weighted by Gasteiger charge is -2.21. The number of hydrogen-bond acceptors (Lipinski definition) is 4. The van der Waals surface area contributed by atoms with Gasteiger partial charge in [0.05, 0.1) is 4.92 Å². The minimum absolute atomic E-state index is 0. The van der Waals surface area contributed by atoms with Crippen LogP contribution in [0, 0.1) is 28.9 Å². The number of benzene rings is 1. The van der Waals surface area contributed by atoms with Gasteiger partial charge in [0.25, 0.3) is 11.6 Å². The molecule has 2 heterocycles. The predicted molar refractivity (Wildman–Crippen MR) is 90.1 cm³/mol. The highest BCUT2D eigenvalue weighted by Crippen LogP contribution is 2.28. The van der Waals surface area contributed by atoms with E-state index in [9.17, 15) is 14.9 Å². The molecule has 126 valence electrons. The van der Waals surface area contributed by atoms with Crippen LogP contribution in [-0.4, -0.2) is 41.9 Å². The monoisotopic (exact) mass is 339 g/mol. The van der Waals surface area contributed by atoms with E-state index in [4.69, 9.17) is 0 Å². The Morgan fingerprint density at radius 2 is 1.87 bits per heavy atom. The number of amides is 1. The summed E-state index contributed by atoms with van der Waals surface area (Å²) in [6, 6.07) is 4.63. The fraction of sp³-hybridized carbons (Fsp3) is 0.562. The molecule has 6 nitrogen and oxygen atoms in total. The van der Waals surface area contributed by atoms with Crippen LogP contribution < -0.4 is 5.32 Å². The lowest BCUT2D eigenvalue weighted by atomic mass is 9.92. The van der Waals surface area contributed by atoms with Gasteiger partial charge in [0.1, 0.15) is 0 Å². The van der Waals surface area contributed by atoms with Crippen LogP contribution in [0.15, 0.2) is 18.2 Å². The van der Waals surface area contributed by atoms with E-state index in [0.29, 0.717) is 23.0 Å². The molecule has 2 fully saturated rings. The van der Waals surface area contributed by atoms with Crippen molar-refractivity contribution in [1.29, 1.82) is 0 Å². The topological polar surface area (TPSA) is 75.5 Å². The Morgan fingerprint density at radius 3 is 2.39 bits per heavy atom. The van der Waals surface area contributed by atoms with Crippen LogP contribution in [0.3, 0.4) is 0 Å². The van der Waals surface area contributed by atoms with Gasteiger partial charge in [-0.3, -0.25) is 14.9 Å². The predicted octanol–water partition coefficient (Wildman–Crippen LogP) is 2.40. The molecule has 0 aliphatic carbocycles. The first-order valence-electron chi connectivity index (χ1n) is 7.81. The summed E-state index contributed by atoms with van der Waals surface area (Å²) in [5.41, 5.74) is 1.15. The van der Waals surface area contributed by atoms with Gasteiger partial charge in [-0.15, -0.1) is 12.4 Å². The average molecular weight is 340 g/mol. The van der Waals surface area contributed by atoms with Gasteiger partial charge >= 0.3 is 0 Å². The number of nitrogens with zero attached hydrogens (tertiary/aromatic N) is 2. The summed E-state index contributed by atoms with van der Waals surface area (Å²) < 4.78 is 0. The Hall–Kier alpha value is -1.66. The molecule has 2 aliphatic heterocycles. The molecule has 2 aliphatic rings. The maximum absolute atomic E-state index is 12.6. The highest BCUT2D eigenvalue weighted by atomic mass is 35.5. The molecule has 0 radical (unpaired) electrons. The van der Waals surface area contributed by atoms with Crippen LogP contribution >= 0.6 is 12.4 Å². The van der Waals surface area contributed by atoms with Gasteiger partial charge in [-0.05, 0) is 56.8 Å². The van der Waals surface area contributed by atoms with E-state index in [1.807, 2.05) is 4.90 Å². The molecule has 0 spiro atoms. The van der Waals surface area contributed by atoms with Crippen LogP contribution in [-0.2, 0) is 0 Å². The van der Waals surface area contributed by atoms with E-state index in [1.165, 1.54) is 6.07 Å². The van der Waals surface area contributed by atoms with Gasteiger partial charge in [0.15, 0.2) is 0 Å². The zero-order valence-electron chi connectivity index (χ0n) is 13.2. The molecule has 0 unspecified atom stereocenters. The fourth-order valence-electron chi connectivity index (χ4n) is 3.60. The molecular formula is C16H22ClN3O3. The third kappa shape index (κ3) is 3.64. The summed E-state index contributed by atoms with van der Waals surface area (Å²) in [4.78, 5) is 25.0. The Kier molecular flexibility index (Phi) is 5.59. The SMILES string of the molecule is Cc1cc(C(=O)N2CC[C@@H]3CNC[C@@H]3CC2)ccc1[N+](=O)[O-].Cl. The first-order valence-corrected chi connectivity index (χ1v) is 7.81. The molecule has 3 rings (SSSR count). The number of hydrogen-bond donors (Lipinski definition) is 1. The Morgan fingerprint density at radius 1 is 1.26 bits per heavy atom. The summed E-state index contributed by atoms with van der Waals surface area (Å²) in [5, 5.41) is 14.3. The molecule has 2 saturated heterocycles. The van der Waals surface area contributed by atoms with Gasteiger partial charge in [-0.2, -0.15) is 0 Å². The van der Waals surface area contributed by atoms with E-state index in [-0.39, 0.29) is 24.0 Å². The van der Waals surface area contributed by atoms with Crippen molar-refractivity contribution < 1.29 is 9.72 Å². The number of carbonyl (C=O) groups excluding carboxylic acids is 1. The van der Waals surface area contributed by atoms with Crippen LogP contribution in [0.4, 0.5) is 5.69 Å². The third-order valence-electron chi connectivity index (χ3n) is 4.95. The van der Waals surface area contributed by atoms with Gasteiger partial charge in [0, 0.05) is 30.3 Å². The number of fused-ring (bicyclic) bond motifs is 1. The zero-order chi connectivity index (χ0) is 15.7. The van der Waals surface area contributed by atoms with Crippen molar-refractivity contribution in [3.8, 4) is 0 Å². The van der Waals surface area contributed by atoms with E-state index < -0.39 is 4.92 Å². The van der Waals surface area contributed by atoms with Gasteiger partial charge in [-0.1, -0.05) is 0 Å². The number of nitro benzene ring substituents is 1. The molecule has 2 atom stereocenters. The Labute approximate surface area is 141 Å². The maximum Gasteiger partial charge on any atom is 0.272 e. The maximum atomic E-state index is 12.6. The van der Waals surface area contributed by atoms with Crippen molar-refractivity contribution in [3.63, 3.8) is 0 Å². The van der Waals surface area contributed by atoms with E-state index in [1.54, 1.807) is 19.1 Å². The number of likely N-dealkylation sites (tertiary alicyclic amines) is 1. The van der Waals surface area contributed by atoms with Crippen LogP contribution in [0.5, 0.6) is 0 Å². The molecule has 23 heavy (non-hydrogen) atoms. The second-order valence-electron chi connectivity index (χ2n) is 6.31. The molecular weight excluding hydrogens is 318 g/mol. The van der Waals surface area contributed by atoms with Crippen molar-refractivity contribution in [2.75, 3.05) is 26.2 Å². The van der Waals surface area contributed by atoms with Crippen molar-refractivity contribution in [2.45, 2.75) is 19.8 Å². The normalized spacial score (nSPS) is 23.6. The standard InChI is InChI=1S/C16H21N3O3.ClH/c1-11-8-12(2-3-15(11)19(21)22)16(20)18-6-4-13-9-17-10-14(13)5-7-18;/h2-3,8,13-14,17H,4-7,9-10H2,1H3;1H/t13-,14+;. The van der Waals surface area contributed by atoms with Crippen molar-refractivity contribution in [3.05, 3.63) is 39.4 Å².